The van der Waals surface area contributed by atoms with Crippen molar-refractivity contribution in [1.82, 2.24) is 5.32 Å². The Bertz CT molecular complexity index is 892. The number of methoxy groups -OCH3 is 1. The SMILES string of the molecule is COc1c(/C=C/C(=O)NCc2ccco2)c(N)cc2cc(C)oc12. The van der Waals surface area contributed by atoms with Crippen molar-refractivity contribution in [3.63, 3.8) is 0 Å². The van der Waals surface area contributed by atoms with Gasteiger partial charge in [0.15, 0.2) is 11.3 Å². The van der Waals surface area contributed by atoms with Gasteiger partial charge in [0.1, 0.15) is 11.5 Å². The number of carbonyl (C=O) groups excluding carboxylic acids is 1. The van der Waals surface area contributed by atoms with Gasteiger partial charge in [-0.25, -0.2) is 0 Å². The lowest BCUT2D eigenvalue weighted by Gasteiger charge is -2.08. The molecule has 0 fully saturated rings. The van der Waals surface area contributed by atoms with Crippen LogP contribution in [0.1, 0.15) is 17.1 Å². The maximum absolute atomic E-state index is 11.9. The van der Waals surface area contributed by atoms with Crippen LogP contribution in [0.4, 0.5) is 5.69 Å². The third kappa shape index (κ3) is 3.12. The second-order valence-electron chi connectivity index (χ2n) is 5.32. The Hall–Kier alpha value is -3.15. The quantitative estimate of drug-likeness (QED) is 0.555. The number of fused-ring (bicyclic) bond motifs is 1. The van der Waals surface area contributed by atoms with Crippen molar-refractivity contribution in [2.45, 2.75) is 13.5 Å². The van der Waals surface area contributed by atoms with Gasteiger partial charge in [0, 0.05) is 22.7 Å². The first-order valence-electron chi connectivity index (χ1n) is 7.43. The van der Waals surface area contributed by atoms with Gasteiger partial charge in [0.2, 0.25) is 5.91 Å². The molecule has 0 unspecified atom stereocenters. The zero-order valence-corrected chi connectivity index (χ0v) is 13.5. The largest absolute Gasteiger partial charge is 0.492 e. The summed E-state index contributed by atoms with van der Waals surface area (Å²) in [6.07, 6.45) is 4.57. The highest BCUT2D eigenvalue weighted by Crippen LogP contribution is 2.36. The first kappa shape index (κ1) is 15.7. The van der Waals surface area contributed by atoms with Gasteiger partial charge < -0.3 is 24.6 Å². The molecule has 124 valence electrons. The van der Waals surface area contributed by atoms with Crippen molar-refractivity contribution in [3.05, 3.63) is 53.7 Å². The number of hydrogen-bond acceptors (Lipinski definition) is 5. The number of furan rings is 2. The number of carbonyl (C=O) groups is 1. The average molecular weight is 326 g/mol. The highest BCUT2D eigenvalue weighted by atomic mass is 16.5. The summed E-state index contributed by atoms with van der Waals surface area (Å²) in [6, 6.07) is 7.24. The van der Waals surface area contributed by atoms with Gasteiger partial charge in [-0.05, 0) is 37.3 Å². The summed E-state index contributed by atoms with van der Waals surface area (Å²) < 4.78 is 16.3. The fraction of sp³-hybridized carbons (Fsp3) is 0.167. The Kier molecular flexibility index (Phi) is 4.29. The smallest absolute Gasteiger partial charge is 0.244 e. The second-order valence-corrected chi connectivity index (χ2v) is 5.32. The summed E-state index contributed by atoms with van der Waals surface area (Å²) in [6.45, 7) is 2.17. The van der Waals surface area contributed by atoms with E-state index in [2.05, 4.69) is 5.32 Å². The molecular weight excluding hydrogens is 308 g/mol. The van der Waals surface area contributed by atoms with E-state index in [-0.39, 0.29) is 5.91 Å². The van der Waals surface area contributed by atoms with Crippen molar-refractivity contribution < 1.29 is 18.4 Å². The first-order valence-corrected chi connectivity index (χ1v) is 7.43. The highest BCUT2D eigenvalue weighted by Gasteiger charge is 2.14. The van der Waals surface area contributed by atoms with E-state index in [0.29, 0.717) is 34.9 Å². The minimum atomic E-state index is -0.261. The van der Waals surface area contributed by atoms with Gasteiger partial charge in [-0.1, -0.05) is 0 Å². The van der Waals surface area contributed by atoms with Crippen LogP contribution in [0.15, 0.2) is 45.4 Å². The molecule has 1 aromatic carbocycles. The Morgan fingerprint density at radius 3 is 2.96 bits per heavy atom. The van der Waals surface area contributed by atoms with Crippen molar-refractivity contribution in [2.75, 3.05) is 12.8 Å². The van der Waals surface area contributed by atoms with E-state index >= 15 is 0 Å². The highest BCUT2D eigenvalue weighted by molar-refractivity contribution is 5.97. The summed E-state index contributed by atoms with van der Waals surface area (Å²) in [7, 11) is 1.54. The van der Waals surface area contributed by atoms with Gasteiger partial charge in [0.05, 0.1) is 19.9 Å². The molecule has 3 rings (SSSR count). The molecule has 2 aromatic heterocycles. The molecule has 0 saturated carbocycles. The molecule has 0 spiro atoms. The van der Waals surface area contributed by atoms with Crippen LogP contribution in [-0.4, -0.2) is 13.0 Å². The summed E-state index contributed by atoms with van der Waals surface area (Å²) >= 11 is 0. The Morgan fingerprint density at radius 1 is 1.42 bits per heavy atom. The fourth-order valence-electron chi connectivity index (χ4n) is 2.50. The van der Waals surface area contributed by atoms with Crippen molar-refractivity contribution in [2.24, 2.45) is 0 Å². The molecule has 0 saturated heterocycles. The van der Waals surface area contributed by atoms with E-state index in [4.69, 9.17) is 19.3 Å². The number of rotatable bonds is 5. The van der Waals surface area contributed by atoms with Crippen molar-refractivity contribution in [3.8, 4) is 5.75 Å². The number of aryl methyl sites for hydroxylation is 1. The van der Waals surface area contributed by atoms with Gasteiger partial charge in [-0.3, -0.25) is 4.79 Å². The average Bonchev–Trinajstić information content (AvgIpc) is 3.19. The van der Waals surface area contributed by atoms with Crippen LogP contribution < -0.4 is 15.8 Å². The zero-order chi connectivity index (χ0) is 17.1. The van der Waals surface area contributed by atoms with Gasteiger partial charge >= 0.3 is 0 Å². The molecule has 1 amide bonds. The molecule has 0 aliphatic heterocycles. The van der Waals surface area contributed by atoms with Crippen LogP contribution >= 0.6 is 0 Å². The zero-order valence-electron chi connectivity index (χ0n) is 13.5. The van der Waals surface area contributed by atoms with Gasteiger partial charge in [-0.2, -0.15) is 0 Å². The number of ether oxygens (including phenoxy) is 1. The summed E-state index contributed by atoms with van der Waals surface area (Å²) in [4.78, 5) is 11.9. The molecule has 3 N–H and O–H groups in total. The van der Waals surface area contributed by atoms with Crippen LogP contribution in [-0.2, 0) is 11.3 Å². The number of nitrogens with two attached hydrogens (primary N) is 1. The molecule has 6 heteroatoms. The van der Waals surface area contributed by atoms with Crippen LogP contribution in [0.5, 0.6) is 5.75 Å². The molecule has 0 aliphatic carbocycles. The molecule has 3 aromatic rings. The number of nitrogen functional groups attached to an aromatic ring is 1. The van der Waals surface area contributed by atoms with E-state index in [1.165, 1.54) is 6.08 Å². The lowest BCUT2D eigenvalue weighted by Crippen LogP contribution is -2.19. The standard InChI is InChI=1S/C18H18N2O4/c1-11-8-12-9-15(19)14(18(22-2)17(12)24-11)5-6-16(21)20-10-13-4-3-7-23-13/h3-9H,10,19H2,1-2H3,(H,20,21)/b6-5+. The van der Waals surface area contributed by atoms with Crippen molar-refractivity contribution in [1.29, 1.82) is 0 Å². The van der Waals surface area contributed by atoms with E-state index in [1.54, 1.807) is 37.6 Å². The fourth-order valence-corrected chi connectivity index (χ4v) is 2.50. The van der Waals surface area contributed by atoms with Gasteiger partial charge in [-0.15, -0.1) is 0 Å². The Morgan fingerprint density at radius 2 is 2.25 bits per heavy atom. The van der Waals surface area contributed by atoms with Crippen LogP contribution in [0.25, 0.3) is 17.0 Å². The van der Waals surface area contributed by atoms with E-state index < -0.39 is 0 Å². The minimum absolute atomic E-state index is 0.261. The van der Waals surface area contributed by atoms with Gasteiger partial charge in [0.25, 0.3) is 0 Å². The Labute approximate surface area is 138 Å². The predicted molar refractivity (Wildman–Crippen MR) is 91.5 cm³/mol. The topological polar surface area (TPSA) is 90.6 Å². The predicted octanol–water partition coefficient (Wildman–Crippen LogP) is 3.25. The minimum Gasteiger partial charge on any atom is -0.492 e. The molecule has 0 bridgehead atoms. The molecule has 0 atom stereocenters. The maximum Gasteiger partial charge on any atom is 0.244 e. The Balaban J connectivity index is 1.83. The van der Waals surface area contributed by atoms with Crippen LogP contribution in [0.2, 0.25) is 0 Å². The second kappa shape index (κ2) is 6.54. The number of amides is 1. The van der Waals surface area contributed by atoms with E-state index in [1.807, 2.05) is 13.0 Å². The molecule has 24 heavy (non-hydrogen) atoms. The van der Waals surface area contributed by atoms with Crippen LogP contribution in [0, 0.1) is 6.92 Å². The first-order chi connectivity index (χ1) is 11.6. The van der Waals surface area contributed by atoms with Crippen LogP contribution in [0.3, 0.4) is 0 Å². The molecular formula is C18H18N2O4. The van der Waals surface area contributed by atoms with Crippen molar-refractivity contribution >= 4 is 28.6 Å². The monoisotopic (exact) mass is 326 g/mol. The number of benzene rings is 1. The lowest BCUT2D eigenvalue weighted by atomic mass is 10.1. The lowest BCUT2D eigenvalue weighted by molar-refractivity contribution is -0.116. The summed E-state index contributed by atoms with van der Waals surface area (Å²) in [5.41, 5.74) is 7.81. The summed E-state index contributed by atoms with van der Waals surface area (Å²) in [5, 5.41) is 3.59. The van der Waals surface area contributed by atoms with E-state index in [9.17, 15) is 4.79 Å². The summed E-state index contributed by atoms with van der Waals surface area (Å²) in [5.74, 6) is 1.69. The molecule has 0 radical (unpaired) electrons. The third-order valence-corrected chi connectivity index (χ3v) is 3.58. The number of anilines is 1. The number of nitrogens with one attached hydrogen (secondary N) is 1. The molecule has 6 nitrogen and oxygen atoms in total. The normalized spacial score (nSPS) is 11.2. The molecule has 2 heterocycles. The number of hydrogen-bond donors (Lipinski definition) is 2. The molecule has 0 aliphatic rings. The van der Waals surface area contributed by atoms with E-state index in [0.717, 1.165) is 11.1 Å². The maximum atomic E-state index is 11.9. The third-order valence-electron chi connectivity index (χ3n) is 3.58.